The summed E-state index contributed by atoms with van der Waals surface area (Å²) in [6.45, 7) is 0.650. The second-order valence-electron chi connectivity index (χ2n) is 8.13. The summed E-state index contributed by atoms with van der Waals surface area (Å²) in [5.41, 5.74) is 0.349. The highest BCUT2D eigenvalue weighted by atomic mass is 35.5. The number of hydrogen-bond donors (Lipinski definition) is 0. The Hall–Kier alpha value is -4.88. The zero-order valence-corrected chi connectivity index (χ0v) is 21.9. The van der Waals surface area contributed by atoms with Gasteiger partial charge in [-0.15, -0.1) is 0 Å². The van der Waals surface area contributed by atoms with Gasteiger partial charge in [-0.25, -0.2) is 30.2 Å². The normalized spacial score (nSPS) is 16.9. The number of carbonyl (C=O) groups excluding carboxylic acids is 2. The van der Waals surface area contributed by atoms with Crippen LogP contribution in [0.5, 0.6) is 0 Å². The Bertz CT molecular complexity index is 1350. The molecule has 2 amide bonds. The number of hydrazone groups is 2. The fraction of sp³-hybridized carbons (Fsp3) is 0.273. The monoisotopic (exact) mass is 588 g/mol. The van der Waals surface area contributed by atoms with Crippen LogP contribution in [0, 0.1) is 32.1 Å². The molecule has 0 aromatic carbocycles. The largest absolute Gasteiger partial charge is 0.324 e. The molecule has 0 unspecified atom stereocenters. The second kappa shape index (κ2) is 12.3. The van der Waals surface area contributed by atoms with Gasteiger partial charge in [0, 0.05) is 38.6 Å². The van der Waals surface area contributed by atoms with Gasteiger partial charge in [0.25, 0.3) is 23.7 Å². The number of rotatable bonds is 6. The summed E-state index contributed by atoms with van der Waals surface area (Å²) in [7, 11) is 0. The van der Waals surface area contributed by atoms with Crippen LogP contribution in [-0.2, 0) is 0 Å². The van der Waals surface area contributed by atoms with Crippen molar-refractivity contribution in [3.05, 3.63) is 78.3 Å². The lowest BCUT2D eigenvalue weighted by molar-refractivity contribution is -0.486. The molecule has 18 heteroatoms. The van der Waals surface area contributed by atoms with Crippen molar-refractivity contribution in [3.63, 3.8) is 0 Å². The van der Waals surface area contributed by atoms with E-state index in [-0.39, 0.29) is 72.6 Å². The second-order valence-corrected chi connectivity index (χ2v) is 8.90. The molecule has 4 heterocycles. The summed E-state index contributed by atoms with van der Waals surface area (Å²) in [6.07, 6.45) is 2.52. The smallest absolute Gasteiger partial charge is 0.281 e. The molecular formula is C22H18Cl2N10O6. The maximum Gasteiger partial charge on any atom is 0.281 e. The Morgan fingerprint density at radius 3 is 1.50 bits per heavy atom. The van der Waals surface area contributed by atoms with Gasteiger partial charge in [-0.1, -0.05) is 35.0 Å². The maximum atomic E-state index is 12.9. The van der Waals surface area contributed by atoms with Crippen molar-refractivity contribution in [3.8, 4) is 11.8 Å². The Morgan fingerprint density at radius 2 is 1.18 bits per heavy atom. The Labute approximate surface area is 235 Å². The summed E-state index contributed by atoms with van der Waals surface area (Å²) in [5, 5.41) is 27.6. The van der Waals surface area contributed by atoms with Crippen LogP contribution in [0.25, 0.3) is 0 Å². The predicted octanol–water partition coefficient (Wildman–Crippen LogP) is 1.10. The third-order valence-electron chi connectivity index (χ3n) is 5.68. The van der Waals surface area contributed by atoms with Crippen LogP contribution < -0.4 is 0 Å². The highest BCUT2D eigenvalue weighted by molar-refractivity contribution is 6.29. The molecule has 2 aliphatic rings. The van der Waals surface area contributed by atoms with E-state index in [1.54, 1.807) is 0 Å². The van der Waals surface area contributed by atoms with E-state index in [0.29, 0.717) is 0 Å². The summed E-state index contributed by atoms with van der Waals surface area (Å²) in [4.78, 5) is 61.0. The number of guanidine groups is 2. The van der Waals surface area contributed by atoms with Crippen molar-refractivity contribution in [1.82, 2.24) is 29.6 Å². The van der Waals surface area contributed by atoms with Gasteiger partial charge in [0.05, 0.1) is 24.2 Å². The number of hydrogen-bond acceptors (Lipinski definition) is 8. The number of nitro groups is 2. The van der Waals surface area contributed by atoms with Crippen LogP contribution in [0.15, 0.2) is 46.9 Å². The van der Waals surface area contributed by atoms with Gasteiger partial charge in [0.2, 0.25) is 0 Å². The molecule has 2 saturated heterocycles. The number of amides is 2. The Kier molecular flexibility index (Phi) is 8.67. The van der Waals surface area contributed by atoms with E-state index in [1.807, 2.05) is 0 Å². The van der Waals surface area contributed by atoms with Crippen molar-refractivity contribution < 1.29 is 19.7 Å². The minimum absolute atomic E-state index is 0.0238. The average Bonchev–Trinajstić information content (AvgIpc) is 3.49. The van der Waals surface area contributed by atoms with Crippen LogP contribution in [-0.4, -0.2) is 103 Å². The molecule has 2 aromatic heterocycles. The molecule has 0 atom stereocenters. The van der Waals surface area contributed by atoms with Crippen molar-refractivity contribution in [2.24, 2.45) is 10.2 Å². The molecule has 4 rings (SSSR count). The average molecular weight is 589 g/mol. The van der Waals surface area contributed by atoms with E-state index in [1.165, 1.54) is 46.5 Å². The molecular weight excluding hydrogens is 571 g/mol. The first-order valence-electron chi connectivity index (χ1n) is 11.4. The highest BCUT2D eigenvalue weighted by Gasteiger charge is 2.36. The standard InChI is InChI=1S/C22H18Cl2N10O6/c23-17-5-3-15(13-25-17)19(35)31-11-9-29(21(31)27-33(37)38)7-1-2-8-30-10-12-32(22(30)28-34(39)40)20(36)16-4-6-18(24)26-14-16/h3-6,13-14H,7-12H2. The van der Waals surface area contributed by atoms with E-state index in [2.05, 4.69) is 32.0 Å². The van der Waals surface area contributed by atoms with Crippen molar-refractivity contribution >= 4 is 46.9 Å². The third-order valence-corrected chi connectivity index (χ3v) is 6.13. The molecule has 0 spiro atoms. The maximum absolute atomic E-state index is 12.9. The Balaban J connectivity index is 1.44. The molecule has 0 radical (unpaired) electrons. The summed E-state index contributed by atoms with van der Waals surface area (Å²) in [5.74, 6) is 4.19. The van der Waals surface area contributed by atoms with Gasteiger partial charge in [0.1, 0.15) is 20.5 Å². The molecule has 2 aromatic rings. The number of carbonyl (C=O) groups is 2. The molecule has 40 heavy (non-hydrogen) atoms. The first-order chi connectivity index (χ1) is 19.1. The lowest BCUT2D eigenvalue weighted by atomic mass is 10.2. The lowest BCUT2D eigenvalue weighted by Gasteiger charge is -2.18. The Morgan fingerprint density at radius 1 is 0.775 bits per heavy atom. The highest BCUT2D eigenvalue weighted by Crippen LogP contribution is 2.16. The zero-order chi connectivity index (χ0) is 28.8. The molecule has 0 bridgehead atoms. The number of nitrogens with zero attached hydrogens (tertiary/aromatic N) is 10. The fourth-order valence-corrected chi connectivity index (χ4v) is 4.09. The summed E-state index contributed by atoms with van der Waals surface area (Å²) in [6, 6.07) is 5.74. The first-order valence-corrected chi connectivity index (χ1v) is 12.2. The summed E-state index contributed by atoms with van der Waals surface area (Å²) < 4.78 is 0. The fourth-order valence-electron chi connectivity index (χ4n) is 3.87. The quantitative estimate of drug-likeness (QED) is 0.205. The predicted molar refractivity (Wildman–Crippen MR) is 140 cm³/mol. The van der Waals surface area contributed by atoms with E-state index in [4.69, 9.17) is 23.2 Å². The van der Waals surface area contributed by atoms with Crippen LogP contribution in [0.4, 0.5) is 0 Å². The first kappa shape index (κ1) is 28.1. The third kappa shape index (κ3) is 6.57. The van der Waals surface area contributed by atoms with Crippen LogP contribution >= 0.6 is 23.2 Å². The van der Waals surface area contributed by atoms with E-state index < -0.39 is 21.9 Å². The van der Waals surface area contributed by atoms with E-state index >= 15 is 0 Å². The van der Waals surface area contributed by atoms with Gasteiger partial charge in [-0.2, -0.15) is 0 Å². The van der Waals surface area contributed by atoms with Gasteiger partial charge < -0.3 is 9.80 Å². The van der Waals surface area contributed by atoms with Crippen LogP contribution in [0.1, 0.15) is 20.7 Å². The minimum atomic E-state index is -0.909. The molecule has 206 valence electrons. The molecule has 16 nitrogen and oxygen atoms in total. The van der Waals surface area contributed by atoms with E-state index in [9.17, 15) is 29.8 Å². The van der Waals surface area contributed by atoms with E-state index in [0.717, 1.165) is 9.80 Å². The van der Waals surface area contributed by atoms with Crippen molar-refractivity contribution in [1.29, 1.82) is 0 Å². The summed E-state index contributed by atoms with van der Waals surface area (Å²) >= 11 is 11.5. The van der Waals surface area contributed by atoms with Crippen LogP contribution in [0.3, 0.4) is 0 Å². The number of aromatic nitrogens is 2. The lowest BCUT2D eigenvalue weighted by Crippen LogP contribution is -2.39. The number of pyridine rings is 2. The molecule has 2 fully saturated rings. The van der Waals surface area contributed by atoms with Gasteiger partial charge >= 0.3 is 0 Å². The van der Waals surface area contributed by atoms with Crippen molar-refractivity contribution in [2.75, 3.05) is 39.3 Å². The minimum Gasteiger partial charge on any atom is -0.324 e. The molecule has 2 aliphatic heterocycles. The SMILES string of the molecule is O=C(c1ccc(Cl)nc1)N1CCN(CC#CCN2CCN(C(=O)c3ccc(Cl)nc3)C2=N[N+](=O)[O-])C1=N[N+](=O)[O-]. The van der Waals surface area contributed by atoms with Gasteiger partial charge in [-0.05, 0) is 24.3 Å². The molecule has 0 saturated carbocycles. The van der Waals surface area contributed by atoms with Crippen molar-refractivity contribution in [2.45, 2.75) is 0 Å². The van der Waals surface area contributed by atoms with Crippen LogP contribution in [0.2, 0.25) is 10.3 Å². The van der Waals surface area contributed by atoms with Gasteiger partial charge in [-0.3, -0.25) is 19.4 Å². The molecule has 0 aliphatic carbocycles. The number of halogens is 2. The van der Waals surface area contributed by atoms with Gasteiger partial charge in [0.15, 0.2) is 10.1 Å². The zero-order valence-electron chi connectivity index (χ0n) is 20.4. The molecule has 0 N–H and O–H groups in total. The topological polar surface area (TPSA) is 184 Å².